The zero-order valence-corrected chi connectivity index (χ0v) is 8.72. The van der Waals surface area contributed by atoms with Crippen LogP contribution in [0.2, 0.25) is 0 Å². The number of phenolic OH excluding ortho intramolecular Hbond substituents is 1. The van der Waals surface area contributed by atoms with Crippen molar-refractivity contribution in [3.63, 3.8) is 0 Å². The fourth-order valence-corrected chi connectivity index (χ4v) is 2.19. The molecule has 0 aliphatic heterocycles. The number of phenols is 1. The van der Waals surface area contributed by atoms with Crippen LogP contribution < -0.4 is 0 Å². The zero-order valence-electron chi connectivity index (χ0n) is 8.72. The van der Waals surface area contributed by atoms with E-state index in [4.69, 9.17) is 0 Å². The second-order valence-electron chi connectivity index (χ2n) is 3.77. The Kier molecular flexibility index (Phi) is 1.77. The molecule has 2 heteroatoms. The number of fused-ring (bicyclic) bond motifs is 3. The molecule has 0 radical (unpaired) electrons. The van der Waals surface area contributed by atoms with Crippen molar-refractivity contribution in [2.75, 3.05) is 0 Å². The van der Waals surface area contributed by atoms with Crippen LogP contribution in [0.3, 0.4) is 0 Å². The lowest BCUT2D eigenvalue weighted by Gasteiger charge is -1.98. The molecular weight excluding hydrogens is 198 g/mol. The second-order valence-corrected chi connectivity index (χ2v) is 3.77. The standard InChI is InChI=1S/C14H11NO/c1-2-15-13-6-4-3-5-11(13)12-9-10(16)7-8-14(12)15/h2-9,16H,1H2. The van der Waals surface area contributed by atoms with Crippen LogP contribution >= 0.6 is 0 Å². The lowest BCUT2D eigenvalue weighted by atomic mass is 10.1. The van der Waals surface area contributed by atoms with Gasteiger partial charge in [0, 0.05) is 17.0 Å². The van der Waals surface area contributed by atoms with Crippen LogP contribution in [0.25, 0.3) is 28.0 Å². The number of aromatic nitrogens is 1. The van der Waals surface area contributed by atoms with Gasteiger partial charge in [0.2, 0.25) is 0 Å². The third-order valence-corrected chi connectivity index (χ3v) is 2.88. The number of hydrogen-bond acceptors (Lipinski definition) is 1. The van der Waals surface area contributed by atoms with Gasteiger partial charge in [-0.25, -0.2) is 0 Å². The van der Waals surface area contributed by atoms with Gasteiger partial charge in [-0.3, -0.25) is 0 Å². The van der Waals surface area contributed by atoms with Crippen LogP contribution in [0.4, 0.5) is 0 Å². The maximum atomic E-state index is 9.54. The van der Waals surface area contributed by atoms with Crippen molar-refractivity contribution in [2.24, 2.45) is 0 Å². The lowest BCUT2D eigenvalue weighted by molar-refractivity contribution is 0.476. The predicted molar refractivity (Wildman–Crippen MR) is 67.5 cm³/mol. The number of rotatable bonds is 1. The minimum atomic E-state index is 0.291. The third-order valence-electron chi connectivity index (χ3n) is 2.88. The van der Waals surface area contributed by atoms with Gasteiger partial charge in [0.25, 0.3) is 0 Å². The summed E-state index contributed by atoms with van der Waals surface area (Å²) in [6.45, 7) is 3.83. The van der Waals surface area contributed by atoms with Crippen molar-refractivity contribution in [3.8, 4) is 5.75 Å². The summed E-state index contributed by atoms with van der Waals surface area (Å²) >= 11 is 0. The number of para-hydroxylation sites is 1. The molecule has 0 bridgehead atoms. The van der Waals surface area contributed by atoms with Crippen LogP contribution in [0.5, 0.6) is 5.75 Å². The van der Waals surface area contributed by atoms with E-state index in [2.05, 4.69) is 12.6 Å². The SMILES string of the molecule is C=Cn1c2ccccc2c2cc(O)ccc21. The van der Waals surface area contributed by atoms with E-state index in [1.807, 2.05) is 28.8 Å². The Bertz CT molecular complexity index is 694. The summed E-state index contributed by atoms with van der Waals surface area (Å²) < 4.78 is 2.03. The van der Waals surface area contributed by atoms with E-state index in [1.165, 1.54) is 0 Å². The van der Waals surface area contributed by atoms with Gasteiger partial charge in [0.15, 0.2) is 0 Å². The molecule has 16 heavy (non-hydrogen) atoms. The molecule has 0 saturated heterocycles. The van der Waals surface area contributed by atoms with Crippen LogP contribution in [-0.4, -0.2) is 9.67 Å². The maximum Gasteiger partial charge on any atom is 0.116 e. The Balaban J connectivity index is 2.64. The van der Waals surface area contributed by atoms with Crippen molar-refractivity contribution in [2.45, 2.75) is 0 Å². The molecule has 1 N–H and O–H groups in total. The first kappa shape index (κ1) is 9.04. The molecule has 78 valence electrons. The Hall–Kier alpha value is -2.22. The average molecular weight is 209 g/mol. The normalized spacial score (nSPS) is 11.0. The minimum absolute atomic E-state index is 0.291. The van der Waals surface area contributed by atoms with Crippen LogP contribution in [0, 0.1) is 0 Å². The smallest absolute Gasteiger partial charge is 0.116 e. The van der Waals surface area contributed by atoms with Crippen molar-refractivity contribution in [1.82, 2.24) is 4.57 Å². The van der Waals surface area contributed by atoms with E-state index in [-0.39, 0.29) is 0 Å². The van der Waals surface area contributed by atoms with E-state index < -0.39 is 0 Å². The molecule has 0 aliphatic rings. The van der Waals surface area contributed by atoms with Gasteiger partial charge in [0.1, 0.15) is 5.75 Å². The molecule has 0 fully saturated rings. The van der Waals surface area contributed by atoms with Crippen molar-refractivity contribution in [3.05, 3.63) is 49.0 Å². The molecule has 0 aliphatic carbocycles. The summed E-state index contributed by atoms with van der Waals surface area (Å²) in [6.07, 6.45) is 1.79. The van der Waals surface area contributed by atoms with Gasteiger partial charge in [-0.05, 0) is 24.3 Å². The molecule has 2 nitrogen and oxygen atoms in total. The summed E-state index contributed by atoms with van der Waals surface area (Å²) in [6, 6.07) is 13.5. The van der Waals surface area contributed by atoms with Crippen molar-refractivity contribution < 1.29 is 5.11 Å². The quantitative estimate of drug-likeness (QED) is 0.650. The van der Waals surface area contributed by atoms with Gasteiger partial charge in [-0.2, -0.15) is 0 Å². The largest absolute Gasteiger partial charge is 0.508 e. The average Bonchev–Trinajstić information content (AvgIpc) is 2.62. The van der Waals surface area contributed by atoms with Gasteiger partial charge in [-0.15, -0.1) is 0 Å². The topological polar surface area (TPSA) is 25.2 Å². The number of benzene rings is 2. The van der Waals surface area contributed by atoms with E-state index in [1.54, 1.807) is 18.3 Å². The molecule has 2 aromatic carbocycles. The molecule has 1 heterocycles. The van der Waals surface area contributed by atoms with Gasteiger partial charge < -0.3 is 9.67 Å². The molecule has 3 rings (SSSR count). The summed E-state index contributed by atoms with van der Waals surface area (Å²) in [5.74, 6) is 0.291. The molecule has 3 aromatic rings. The highest BCUT2D eigenvalue weighted by atomic mass is 16.3. The van der Waals surface area contributed by atoms with Crippen molar-refractivity contribution >= 4 is 28.0 Å². The van der Waals surface area contributed by atoms with Gasteiger partial charge in [0.05, 0.1) is 11.0 Å². The summed E-state index contributed by atoms with van der Waals surface area (Å²) in [4.78, 5) is 0. The van der Waals surface area contributed by atoms with Crippen LogP contribution in [0.15, 0.2) is 49.0 Å². The number of aromatic hydroxyl groups is 1. The summed E-state index contributed by atoms with van der Waals surface area (Å²) in [5.41, 5.74) is 2.17. The third kappa shape index (κ3) is 1.07. The Labute approximate surface area is 93.0 Å². The van der Waals surface area contributed by atoms with E-state index in [0.29, 0.717) is 5.75 Å². The second kappa shape index (κ2) is 3.14. The Morgan fingerprint density at radius 2 is 1.75 bits per heavy atom. The van der Waals surface area contributed by atoms with Gasteiger partial charge >= 0.3 is 0 Å². The van der Waals surface area contributed by atoms with E-state index in [0.717, 1.165) is 21.8 Å². The highest BCUT2D eigenvalue weighted by molar-refractivity contribution is 6.09. The predicted octanol–water partition coefficient (Wildman–Crippen LogP) is 3.60. The Morgan fingerprint density at radius 3 is 2.56 bits per heavy atom. The number of nitrogens with zero attached hydrogens (tertiary/aromatic N) is 1. The Morgan fingerprint density at radius 1 is 1.00 bits per heavy atom. The first-order valence-corrected chi connectivity index (χ1v) is 5.15. The lowest BCUT2D eigenvalue weighted by Crippen LogP contribution is -1.83. The molecule has 0 saturated carbocycles. The maximum absolute atomic E-state index is 9.54. The monoisotopic (exact) mass is 209 g/mol. The number of hydrogen-bond donors (Lipinski definition) is 1. The fraction of sp³-hybridized carbons (Fsp3) is 0. The molecular formula is C14H11NO. The molecule has 0 spiro atoms. The first-order chi connectivity index (χ1) is 7.81. The van der Waals surface area contributed by atoms with Crippen LogP contribution in [-0.2, 0) is 0 Å². The van der Waals surface area contributed by atoms with Crippen LogP contribution in [0.1, 0.15) is 0 Å². The molecule has 0 atom stereocenters. The summed E-state index contributed by atoms with van der Waals surface area (Å²) in [7, 11) is 0. The van der Waals surface area contributed by atoms with Crippen molar-refractivity contribution in [1.29, 1.82) is 0 Å². The molecule has 0 amide bonds. The zero-order chi connectivity index (χ0) is 11.1. The minimum Gasteiger partial charge on any atom is -0.508 e. The molecule has 0 unspecified atom stereocenters. The van der Waals surface area contributed by atoms with E-state index >= 15 is 0 Å². The highest BCUT2D eigenvalue weighted by Gasteiger charge is 2.08. The first-order valence-electron chi connectivity index (χ1n) is 5.15. The van der Waals surface area contributed by atoms with Gasteiger partial charge in [-0.1, -0.05) is 24.8 Å². The molecule has 1 aromatic heterocycles. The van der Waals surface area contributed by atoms with E-state index in [9.17, 15) is 5.11 Å². The summed E-state index contributed by atoms with van der Waals surface area (Å²) in [5, 5.41) is 11.7. The highest BCUT2D eigenvalue weighted by Crippen LogP contribution is 2.31. The fourth-order valence-electron chi connectivity index (χ4n) is 2.19.